The van der Waals surface area contributed by atoms with Crippen molar-refractivity contribution in [2.75, 3.05) is 7.11 Å². The molecule has 3 nitrogen and oxygen atoms in total. The summed E-state index contributed by atoms with van der Waals surface area (Å²) in [7, 11) is 1.45. The van der Waals surface area contributed by atoms with E-state index in [1.54, 1.807) is 0 Å². The Morgan fingerprint density at radius 1 is 1.44 bits per heavy atom. The molecule has 0 saturated heterocycles. The molecular weight excluding hydrogens is 202 g/mol. The van der Waals surface area contributed by atoms with Gasteiger partial charge in [-0.2, -0.15) is 0 Å². The Hall–Kier alpha value is -0.570. The number of carbonyl (C=O) groups excluding carboxylic acids is 1. The molecule has 2 N–H and O–H groups in total. The second-order valence-electron chi connectivity index (χ2n) is 5.94. The first-order valence-corrected chi connectivity index (χ1v) is 6.16. The van der Waals surface area contributed by atoms with Gasteiger partial charge in [-0.1, -0.05) is 19.8 Å². The van der Waals surface area contributed by atoms with Crippen molar-refractivity contribution in [3.05, 3.63) is 0 Å². The molecule has 1 aliphatic rings. The van der Waals surface area contributed by atoms with Gasteiger partial charge in [0.1, 0.15) is 0 Å². The summed E-state index contributed by atoms with van der Waals surface area (Å²) in [6.45, 7) is 6.34. The molecule has 1 aliphatic carbocycles. The minimum atomic E-state index is -0.318. The fourth-order valence-corrected chi connectivity index (χ4v) is 2.71. The zero-order valence-electron chi connectivity index (χ0n) is 11.0. The number of hydrogen-bond donors (Lipinski definition) is 1. The van der Waals surface area contributed by atoms with Crippen LogP contribution in [0.3, 0.4) is 0 Å². The van der Waals surface area contributed by atoms with E-state index in [2.05, 4.69) is 6.92 Å². The van der Waals surface area contributed by atoms with E-state index >= 15 is 0 Å². The molecule has 0 spiro atoms. The van der Waals surface area contributed by atoms with Gasteiger partial charge in [0, 0.05) is 5.54 Å². The van der Waals surface area contributed by atoms with Crippen molar-refractivity contribution in [1.29, 1.82) is 0 Å². The quantitative estimate of drug-likeness (QED) is 0.754. The van der Waals surface area contributed by atoms with Crippen LogP contribution in [-0.2, 0) is 9.53 Å². The van der Waals surface area contributed by atoms with Gasteiger partial charge in [0.15, 0.2) is 0 Å². The predicted molar refractivity (Wildman–Crippen MR) is 65.0 cm³/mol. The van der Waals surface area contributed by atoms with Crippen LogP contribution in [0, 0.1) is 11.3 Å². The molecule has 0 unspecified atom stereocenters. The van der Waals surface area contributed by atoms with E-state index in [1.807, 2.05) is 13.8 Å². The van der Waals surface area contributed by atoms with Crippen molar-refractivity contribution in [2.24, 2.45) is 17.1 Å². The van der Waals surface area contributed by atoms with Gasteiger partial charge >= 0.3 is 5.97 Å². The Kier molecular flexibility index (Phi) is 4.00. The van der Waals surface area contributed by atoms with E-state index in [0.717, 1.165) is 31.6 Å². The molecule has 0 amide bonds. The summed E-state index contributed by atoms with van der Waals surface area (Å²) in [6.07, 6.45) is 4.86. The second kappa shape index (κ2) is 4.74. The van der Waals surface area contributed by atoms with Gasteiger partial charge in [-0.25, -0.2) is 0 Å². The number of methoxy groups -OCH3 is 1. The van der Waals surface area contributed by atoms with Crippen LogP contribution < -0.4 is 5.73 Å². The molecule has 1 fully saturated rings. The van der Waals surface area contributed by atoms with Crippen LogP contribution in [0.25, 0.3) is 0 Å². The lowest BCUT2D eigenvalue weighted by atomic mass is 9.60. The predicted octanol–water partition coefficient (Wildman–Crippen LogP) is 2.48. The van der Waals surface area contributed by atoms with Crippen molar-refractivity contribution >= 4 is 5.97 Å². The molecule has 0 bridgehead atoms. The zero-order chi connectivity index (χ0) is 12.4. The first kappa shape index (κ1) is 13.5. The first-order chi connectivity index (χ1) is 7.31. The fraction of sp³-hybridized carbons (Fsp3) is 0.923. The molecule has 1 saturated carbocycles. The standard InChI is InChI=1S/C13H25NO2/c1-10-5-7-13(8-6-10,12(2,3)14)9-11(15)16-4/h10H,5-9,14H2,1-4H3. The maximum absolute atomic E-state index is 11.5. The third-order valence-corrected chi connectivity index (χ3v) is 4.31. The van der Waals surface area contributed by atoms with Gasteiger partial charge in [-0.3, -0.25) is 4.79 Å². The van der Waals surface area contributed by atoms with Crippen LogP contribution in [0.4, 0.5) is 0 Å². The minimum Gasteiger partial charge on any atom is -0.469 e. The third-order valence-electron chi connectivity index (χ3n) is 4.31. The summed E-state index contributed by atoms with van der Waals surface area (Å²) in [6, 6.07) is 0. The van der Waals surface area contributed by atoms with Gasteiger partial charge in [0.25, 0.3) is 0 Å². The maximum atomic E-state index is 11.5. The minimum absolute atomic E-state index is 0.0768. The highest BCUT2D eigenvalue weighted by Gasteiger charge is 2.45. The number of rotatable bonds is 3. The van der Waals surface area contributed by atoms with E-state index in [4.69, 9.17) is 10.5 Å². The summed E-state index contributed by atoms with van der Waals surface area (Å²) >= 11 is 0. The van der Waals surface area contributed by atoms with Gasteiger partial charge in [0.2, 0.25) is 0 Å². The van der Waals surface area contributed by atoms with Gasteiger partial charge in [-0.05, 0) is 38.0 Å². The average molecular weight is 227 g/mol. The lowest BCUT2D eigenvalue weighted by molar-refractivity contribution is -0.145. The molecule has 0 atom stereocenters. The topological polar surface area (TPSA) is 52.3 Å². The highest BCUT2D eigenvalue weighted by atomic mass is 16.5. The zero-order valence-corrected chi connectivity index (χ0v) is 11.0. The normalized spacial score (nSPS) is 31.2. The summed E-state index contributed by atoms with van der Waals surface area (Å²) < 4.78 is 4.81. The van der Waals surface area contributed by atoms with Crippen LogP contribution in [0.15, 0.2) is 0 Å². The molecule has 0 aromatic rings. The van der Waals surface area contributed by atoms with Crippen molar-refractivity contribution < 1.29 is 9.53 Å². The average Bonchev–Trinajstić information content (AvgIpc) is 2.20. The third kappa shape index (κ3) is 2.76. The van der Waals surface area contributed by atoms with Crippen molar-refractivity contribution in [2.45, 2.75) is 58.4 Å². The molecule has 0 aromatic heterocycles. The van der Waals surface area contributed by atoms with Crippen molar-refractivity contribution in [3.8, 4) is 0 Å². The van der Waals surface area contributed by atoms with Crippen molar-refractivity contribution in [3.63, 3.8) is 0 Å². The summed E-state index contributed by atoms with van der Waals surface area (Å²) in [5, 5.41) is 0. The first-order valence-electron chi connectivity index (χ1n) is 6.16. The molecule has 3 heteroatoms. The van der Waals surface area contributed by atoms with Gasteiger partial charge in [0.05, 0.1) is 13.5 Å². The Morgan fingerprint density at radius 3 is 2.31 bits per heavy atom. The summed E-state index contributed by atoms with van der Waals surface area (Å²) in [4.78, 5) is 11.5. The van der Waals surface area contributed by atoms with Crippen LogP contribution in [0.5, 0.6) is 0 Å². The molecule has 0 radical (unpaired) electrons. The smallest absolute Gasteiger partial charge is 0.306 e. The van der Waals surface area contributed by atoms with Crippen LogP contribution in [-0.4, -0.2) is 18.6 Å². The number of hydrogen-bond acceptors (Lipinski definition) is 3. The Morgan fingerprint density at radius 2 is 1.94 bits per heavy atom. The highest BCUT2D eigenvalue weighted by molar-refractivity contribution is 5.70. The molecule has 16 heavy (non-hydrogen) atoms. The number of nitrogens with two attached hydrogens (primary N) is 1. The Bertz CT molecular complexity index is 247. The van der Waals surface area contributed by atoms with E-state index < -0.39 is 0 Å². The van der Waals surface area contributed by atoms with Crippen molar-refractivity contribution in [1.82, 2.24) is 0 Å². The molecule has 94 valence electrons. The number of ether oxygens (including phenoxy) is 1. The highest BCUT2D eigenvalue weighted by Crippen LogP contribution is 2.47. The Labute approximate surface area is 98.7 Å². The van der Waals surface area contributed by atoms with Gasteiger partial charge < -0.3 is 10.5 Å². The number of carbonyl (C=O) groups is 1. The summed E-state index contributed by atoms with van der Waals surface area (Å²) in [5.41, 5.74) is 5.89. The molecule has 1 rings (SSSR count). The fourth-order valence-electron chi connectivity index (χ4n) is 2.71. The monoisotopic (exact) mass is 227 g/mol. The largest absolute Gasteiger partial charge is 0.469 e. The van der Waals surface area contributed by atoms with E-state index in [9.17, 15) is 4.79 Å². The van der Waals surface area contributed by atoms with E-state index in [1.165, 1.54) is 7.11 Å². The second-order valence-corrected chi connectivity index (χ2v) is 5.94. The van der Waals surface area contributed by atoms with E-state index in [-0.39, 0.29) is 16.9 Å². The Balaban J connectivity index is 2.82. The summed E-state index contributed by atoms with van der Waals surface area (Å²) in [5.74, 6) is 0.626. The molecule has 0 heterocycles. The van der Waals surface area contributed by atoms with E-state index in [0.29, 0.717) is 6.42 Å². The maximum Gasteiger partial charge on any atom is 0.306 e. The molecule has 0 aliphatic heterocycles. The van der Waals surface area contributed by atoms with Crippen LogP contribution >= 0.6 is 0 Å². The lowest BCUT2D eigenvalue weighted by Gasteiger charge is -2.48. The SMILES string of the molecule is COC(=O)CC1(C(C)(C)N)CCC(C)CC1. The molecule has 0 aromatic carbocycles. The number of esters is 1. The lowest BCUT2D eigenvalue weighted by Crippen LogP contribution is -2.53. The van der Waals surface area contributed by atoms with Crippen LogP contribution in [0.2, 0.25) is 0 Å². The van der Waals surface area contributed by atoms with Crippen LogP contribution in [0.1, 0.15) is 52.9 Å². The van der Waals surface area contributed by atoms with Gasteiger partial charge in [-0.15, -0.1) is 0 Å². The molecular formula is C13H25NO2.